The first kappa shape index (κ1) is 16.4. The van der Waals surface area contributed by atoms with Crippen molar-refractivity contribution in [2.75, 3.05) is 0 Å². The normalized spacial score (nSPS) is 11.7. The van der Waals surface area contributed by atoms with Crippen LogP contribution in [0.3, 0.4) is 0 Å². The molecule has 26 heavy (non-hydrogen) atoms. The van der Waals surface area contributed by atoms with Crippen molar-refractivity contribution in [3.63, 3.8) is 0 Å². The number of imidazole rings is 1. The summed E-state index contributed by atoms with van der Waals surface area (Å²) in [6.07, 6.45) is 0. The summed E-state index contributed by atoms with van der Waals surface area (Å²) in [5, 5.41) is 0. The predicted octanol–water partition coefficient (Wildman–Crippen LogP) is 6.32. The van der Waals surface area contributed by atoms with Crippen molar-refractivity contribution in [3.8, 4) is 22.9 Å². The van der Waals surface area contributed by atoms with Gasteiger partial charge in [0.05, 0.1) is 16.6 Å². The minimum atomic E-state index is 0.130. The standard InChI is InChI=1S/C23H22N2O/c1-23(2,3)16-12-14-17(15-13-16)26-21-11-7-4-8-18(21)22-24-19-9-5-6-10-20(19)25-22/h4-15H,1-3H3,(H,24,25). The van der Waals surface area contributed by atoms with Gasteiger partial charge in [0.25, 0.3) is 0 Å². The molecule has 4 aromatic rings. The smallest absolute Gasteiger partial charge is 0.142 e. The molecule has 0 aliphatic heterocycles. The number of benzene rings is 3. The molecule has 3 aromatic carbocycles. The van der Waals surface area contributed by atoms with Gasteiger partial charge in [-0.05, 0) is 47.4 Å². The Hall–Kier alpha value is -3.07. The van der Waals surface area contributed by atoms with Gasteiger partial charge in [-0.1, -0.05) is 57.2 Å². The van der Waals surface area contributed by atoms with Crippen LogP contribution in [0.15, 0.2) is 72.8 Å². The lowest BCUT2D eigenvalue weighted by Gasteiger charge is -2.19. The number of ether oxygens (including phenoxy) is 1. The zero-order valence-electron chi connectivity index (χ0n) is 15.3. The third-order valence-corrected chi connectivity index (χ3v) is 4.48. The molecular formula is C23H22N2O. The Bertz CT molecular complexity index is 1010. The number of aromatic amines is 1. The van der Waals surface area contributed by atoms with E-state index in [0.717, 1.165) is 33.9 Å². The highest BCUT2D eigenvalue weighted by molar-refractivity contribution is 5.80. The van der Waals surface area contributed by atoms with E-state index in [-0.39, 0.29) is 5.41 Å². The van der Waals surface area contributed by atoms with Crippen LogP contribution in [0.25, 0.3) is 22.4 Å². The van der Waals surface area contributed by atoms with Gasteiger partial charge >= 0.3 is 0 Å². The van der Waals surface area contributed by atoms with Crippen molar-refractivity contribution in [1.29, 1.82) is 0 Å². The average molecular weight is 342 g/mol. The summed E-state index contributed by atoms with van der Waals surface area (Å²) < 4.78 is 6.17. The van der Waals surface area contributed by atoms with Crippen LogP contribution >= 0.6 is 0 Å². The molecule has 0 saturated heterocycles. The molecule has 3 heteroatoms. The van der Waals surface area contributed by atoms with Crippen LogP contribution in [-0.2, 0) is 5.41 Å². The van der Waals surface area contributed by atoms with E-state index >= 15 is 0 Å². The lowest BCUT2D eigenvalue weighted by atomic mass is 9.87. The first-order valence-electron chi connectivity index (χ1n) is 8.83. The summed E-state index contributed by atoms with van der Waals surface area (Å²) in [6, 6.07) is 24.3. The van der Waals surface area contributed by atoms with Gasteiger partial charge in [0.1, 0.15) is 17.3 Å². The number of rotatable bonds is 3. The zero-order valence-corrected chi connectivity index (χ0v) is 15.3. The summed E-state index contributed by atoms with van der Waals surface area (Å²) in [6.45, 7) is 6.62. The molecule has 1 N–H and O–H groups in total. The molecule has 3 nitrogen and oxygen atoms in total. The molecule has 1 aromatic heterocycles. The highest BCUT2D eigenvalue weighted by Gasteiger charge is 2.14. The molecule has 0 atom stereocenters. The van der Waals surface area contributed by atoms with Gasteiger partial charge in [-0.15, -0.1) is 0 Å². The quantitative estimate of drug-likeness (QED) is 0.473. The molecule has 0 aliphatic rings. The van der Waals surface area contributed by atoms with Crippen molar-refractivity contribution in [2.45, 2.75) is 26.2 Å². The number of para-hydroxylation sites is 3. The van der Waals surface area contributed by atoms with Crippen LogP contribution < -0.4 is 4.74 Å². The van der Waals surface area contributed by atoms with Crippen LogP contribution in [0.2, 0.25) is 0 Å². The van der Waals surface area contributed by atoms with Gasteiger partial charge in [0.15, 0.2) is 0 Å². The Morgan fingerprint density at radius 2 is 1.50 bits per heavy atom. The third-order valence-electron chi connectivity index (χ3n) is 4.48. The maximum Gasteiger partial charge on any atom is 0.142 e. The fourth-order valence-electron chi connectivity index (χ4n) is 2.98. The molecule has 0 bridgehead atoms. The molecule has 4 rings (SSSR count). The minimum absolute atomic E-state index is 0.130. The second-order valence-electron chi connectivity index (χ2n) is 7.48. The van der Waals surface area contributed by atoms with Gasteiger partial charge < -0.3 is 9.72 Å². The van der Waals surface area contributed by atoms with Crippen molar-refractivity contribution in [3.05, 3.63) is 78.4 Å². The van der Waals surface area contributed by atoms with Crippen LogP contribution in [0.1, 0.15) is 26.3 Å². The summed E-state index contributed by atoms with van der Waals surface area (Å²) in [5.41, 5.74) is 4.34. The molecule has 0 aliphatic carbocycles. The second kappa shape index (κ2) is 6.34. The molecule has 0 radical (unpaired) electrons. The van der Waals surface area contributed by atoms with Gasteiger partial charge in [-0.2, -0.15) is 0 Å². The molecule has 0 saturated carbocycles. The Morgan fingerprint density at radius 1 is 0.808 bits per heavy atom. The molecule has 0 unspecified atom stereocenters. The summed E-state index contributed by atoms with van der Waals surface area (Å²) in [5.74, 6) is 2.42. The number of aromatic nitrogens is 2. The van der Waals surface area contributed by atoms with Crippen molar-refractivity contribution in [2.24, 2.45) is 0 Å². The zero-order chi connectivity index (χ0) is 18.1. The topological polar surface area (TPSA) is 37.9 Å². The number of fused-ring (bicyclic) bond motifs is 1. The van der Waals surface area contributed by atoms with Crippen LogP contribution in [0, 0.1) is 0 Å². The Morgan fingerprint density at radius 3 is 2.23 bits per heavy atom. The average Bonchev–Trinajstić information content (AvgIpc) is 3.06. The molecule has 0 fully saturated rings. The number of hydrogen-bond donors (Lipinski definition) is 1. The Balaban J connectivity index is 1.68. The Labute approximate surface area is 153 Å². The highest BCUT2D eigenvalue weighted by atomic mass is 16.5. The number of hydrogen-bond acceptors (Lipinski definition) is 2. The van der Waals surface area contributed by atoms with E-state index < -0.39 is 0 Å². The fourth-order valence-corrected chi connectivity index (χ4v) is 2.98. The summed E-state index contributed by atoms with van der Waals surface area (Å²) in [7, 11) is 0. The molecule has 0 amide bonds. The van der Waals surface area contributed by atoms with Gasteiger partial charge in [-0.25, -0.2) is 4.98 Å². The lowest BCUT2D eigenvalue weighted by Crippen LogP contribution is -2.10. The predicted molar refractivity (Wildman–Crippen MR) is 107 cm³/mol. The van der Waals surface area contributed by atoms with E-state index in [2.05, 4.69) is 37.9 Å². The maximum absolute atomic E-state index is 6.17. The van der Waals surface area contributed by atoms with Gasteiger partial charge in [-0.3, -0.25) is 0 Å². The lowest BCUT2D eigenvalue weighted by molar-refractivity contribution is 0.483. The van der Waals surface area contributed by atoms with E-state index in [1.165, 1.54) is 5.56 Å². The fraction of sp³-hybridized carbons (Fsp3) is 0.174. The van der Waals surface area contributed by atoms with Gasteiger partial charge in [0.2, 0.25) is 0 Å². The van der Waals surface area contributed by atoms with E-state index in [9.17, 15) is 0 Å². The minimum Gasteiger partial charge on any atom is -0.457 e. The molecular weight excluding hydrogens is 320 g/mol. The number of nitrogens with one attached hydrogen (secondary N) is 1. The van der Waals surface area contributed by atoms with Crippen LogP contribution in [0.5, 0.6) is 11.5 Å². The van der Waals surface area contributed by atoms with Crippen LogP contribution in [0.4, 0.5) is 0 Å². The molecule has 0 spiro atoms. The SMILES string of the molecule is CC(C)(C)c1ccc(Oc2ccccc2-c2nc3ccccc3[nH]2)cc1. The van der Waals surface area contributed by atoms with Gasteiger partial charge in [0, 0.05) is 0 Å². The molecule has 130 valence electrons. The van der Waals surface area contributed by atoms with Crippen molar-refractivity contribution in [1.82, 2.24) is 9.97 Å². The van der Waals surface area contributed by atoms with E-state index in [4.69, 9.17) is 9.72 Å². The van der Waals surface area contributed by atoms with E-state index in [0.29, 0.717) is 0 Å². The first-order chi connectivity index (χ1) is 12.5. The van der Waals surface area contributed by atoms with Crippen molar-refractivity contribution >= 4 is 11.0 Å². The third kappa shape index (κ3) is 3.21. The van der Waals surface area contributed by atoms with E-state index in [1.54, 1.807) is 0 Å². The second-order valence-corrected chi connectivity index (χ2v) is 7.48. The monoisotopic (exact) mass is 342 g/mol. The maximum atomic E-state index is 6.17. The largest absolute Gasteiger partial charge is 0.457 e. The summed E-state index contributed by atoms with van der Waals surface area (Å²) in [4.78, 5) is 8.07. The number of nitrogens with zero attached hydrogens (tertiary/aromatic N) is 1. The van der Waals surface area contributed by atoms with Crippen LogP contribution in [-0.4, -0.2) is 9.97 Å². The highest BCUT2D eigenvalue weighted by Crippen LogP contribution is 2.33. The summed E-state index contributed by atoms with van der Waals surface area (Å²) >= 11 is 0. The van der Waals surface area contributed by atoms with E-state index in [1.807, 2.05) is 60.7 Å². The van der Waals surface area contributed by atoms with Crippen molar-refractivity contribution < 1.29 is 4.74 Å². The first-order valence-corrected chi connectivity index (χ1v) is 8.83. The number of H-pyrrole nitrogens is 1. The Kier molecular flexibility index (Phi) is 4.00. The molecule has 1 heterocycles.